The van der Waals surface area contributed by atoms with E-state index in [0.717, 1.165) is 12.1 Å². The zero-order valence-corrected chi connectivity index (χ0v) is 10.3. The molecule has 3 nitrogen and oxygen atoms in total. The van der Waals surface area contributed by atoms with Gasteiger partial charge in [-0.1, -0.05) is 13.3 Å². The van der Waals surface area contributed by atoms with E-state index in [9.17, 15) is 4.39 Å². The fourth-order valence-electron chi connectivity index (χ4n) is 2.41. The van der Waals surface area contributed by atoms with Crippen LogP contribution in [-0.4, -0.2) is 13.2 Å². The van der Waals surface area contributed by atoms with Gasteiger partial charge < -0.3 is 15.8 Å². The number of methoxy groups -OCH3 is 1. The lowest BCUT2D eigenvalue weighted by Crippen LogP contribution is -2.22. The highest BCUT2D eigenvalue weighted by Crippen LogP contribution is 2.33. The number of anilines is 2. The number of benzene rings is 1. The van der Waals surface area contributed by atoms with Gasteiger partial charge in [0, 0.05) is 18.2 Å². The Morgan fingerprint density at radius 2 is 2.18 bits per heavy atom. The maximum Gasteiger partial charge on any atom is 0.167 e. The maximum atomic E-state index is 13.4. The molecule has 2 rings (SSSR count). The van der Waals surface area contributed by atoms with Gasteiger partial charge in [-0.25, -0.2) is 4.39 Å². The van der Waals surface area contributed by atoms with Gasteiger partial charge in [-0.3, -0.25) is 0 Å². The van der Waals surface area contributed by atoms with Crippen LogP contribution in [0.2, 0.25) is 0 Å². The SMILES string of the molecule is COc1cc(NC2CCCC2C)c(N)cc1F. The summed E-state index contributed by atoms with van der Waals surface area (Å²) < 4.78 is 18.3. The number of ether oxygens (including phenoxy) is 1. The molecule has 1 aromatic rings. The largest absolute Gasteiger partial charge is 0.494 e. The van der Waals surface area contributed by atoms with Crippen LogP contribution < -0.4 is 15.8 Å². The van der Waals surface area contributed by atoms with Crippen molar-refractivity contribution in [3.8, 4) is 5.75 Å². The molecule has 0 aromatic heterocycles. The van der Waals surface area contributed by atoms with Gasteiger partial charge in [0.25, 0.3) is 0 Å². The lowest BCUT2D eigenvalue weighted by Gasteiger charge is -2.20. The van der Waals surface area contributed by atoms with E-state index >= 15 is 0 Å². The summed E-state index contributed by atoms with van der Waals surface area (Å²) in [6, 6.07) is 3.36. The van der Waals surface area contributed by atoms with E-state index in [4.69, 9.17) is 10.5 Å². The first-order chi connectivity index (χ1) is 8.11. The second kappa shape index (κ2) is 4.82. The predicted octanol–water partition coefficient (Wildman–Crippen LogP) is 3.02. The molecule has 94 valence electrons. The smallest absolute Gasteiger partial charge is 0.167 e. The van der Waals surface area contributed by atoms with Gasteiger partial charge in [-0.05, 0) is 18.8 Å². The van der Waals surface area contributed by atoms with E-state index in [1.165, 1.54) is 26.0 Å². The highest BCUT2D eigenvalue weighted by molar-refractivity contribution is 5.69. The molecule has 0 radical (unpaired) electrons. The third kappa shape index (κ3) is 2.46. The highest BCUT2D eigenvalue weighted by atomic mass is 19.1. The minimum atomic E-state index is -0.421. The van der Waals surface area contributed by atoms with Gasteiger partial charge in [-0.15, -0.1) is 0 Å². The number of nitrogens with two attached hydrogens (primary N) is 1. The van der Waals surface area contributed by atoms with Crippen molar-refractivity contribution in [2.45, 2.75) is 32.2 Å². The lowest BCUT2D eigenvalue weighted by atomic mass is 10.1. The molecule has 4 heteroatoms. The van der Waals surface area contributed by atoms with Crippen molar-refractivity contribution >= 4 is 11.4 Å². The zero-order valence-electron chi connectivity index (χ0n) is 10.3. The molecule has 3 N–H and O–H groups in total. The Balaban J connectivity index is 2.20. The standard InChI is InChI=1S/C13H19FN2O/c1-8-4-3-5-11(8)16-12-7-13(17-2)9(14)6-10(12)15/h6-8,11,16H,3-5,15H2,1-2H3. The Bertz CT molecular complexity index is 409. The van der Waals surface area contributed by atoms with E-state index in [0.29, 0.717) is 17.6 Å². The van der Waals surface area contributed by atoms with Crippen LogP contribution in [0.15, 0.2) is 12.1 Å². The average molecular weight is 238 g/mol. The second-order valence-electron chi connectivity index (χ2n) is 4.73. The summed E-state index contributed by atoms with van der Waals surface area (Å²) in [5.41, 5.74) is 7.01. The van der Waals surface area contributed by atoms with Crippen LogP contribution in [-0.2, 0) is 0 Å². The van der Waals surface area contributed by atoms with Crippen LogP contribution in [0.5, 0.6) is 5.75 Å². The molecule has 0 amide bonds. The summed E-state index contributed by atoms with van der Waals surface area (Å²) in [7, 11) is 1.45. The first kappa shape index (κ1) is 12.0. The topological polar surface area (TPSA) is 47.3 Å². The fourth-order valence-corrected chi connectivity index (χ4v) is 2.41. The van der Waals surface area contributed by atoms with E-state index in [1.807, 2.05) is 0 Å². The summed E-state index contributed by atoms with van der Waals surface area (Å²) in [6.45, 7) is 2.22. The van der Waals surface area contributed by atoms with Crippen LogP contribution in [0, 0.1) is 11.7 Å². The van der Waals surface area contributed by atoms with Crippen molar-refractivity contribution in [1.82, 2.24) is 0 Å². The number of hydrogen-bond acceptors (Lipinski definition) is 3. The molecule has 1 aromatic carbocycles. The summed E-state index contributed by atoms with van der Waals surface area (Å²) in [4.78, 5) is 0. The fraction of sp³-hybridized carbons (Fsp3) is 0.538. The third-order valence-corrected chi connectivity index (χ3v) is 3.53. The molecule has 0 heterocycles. The van der Waals surface area contributed by atoms with Crippen molar-refractivity contribution in [3.05, 3.63) is 17.9 Å². The van der Waals surface area contributed by atoms with E-state index < -0.39 is 5.82 Å². The summed E-state index contributed by atoms with van der Waals surface area (Å²) in [5.74, 6) is 0.438. The van der Waals surface area contributed by atoms with Gasteiger partial charge >= 0.3 is 0 Å². The normalized spacial score (nSPS) is 23.7. The number of hydrogen-bond donors (Lipinski definition) is 2. The van der Waals surface area contributed by atoms with Crippen molar-refractivity contribution in [1.29, 1.82) is 0 Å². The lowest BCUT2D eigenvalue weighted by molar-refractivity contribution is 0.387. The zero-order chi connectivity index (χ0) is 12.4. The molecule has 2 atom stereocenters. The van der Waals surface area contributed by atoms with E-state index in [-0.39, 0.29) is 5.75 Å². The van der Waals surface area contributed by atoms with E-state index in [2.05, 4.69) is 12.2 Å². The summed E-state index contributed by atoms with van der Waals surface area (Å²) >= 11 is 0. The minimum absolute atomic E-state index is 0.229. The molecule has 1 aliphatic rings. The Labute approximate surface area is 101 Å². The molecule has 1 aliphatic carbocycles. The van der Waals surface area contributed by atoms with Crippen molar-refractivity contribution in [2.24, 2.45) is 5.92 Å². The van der Waals surface area contributed by atoms with Crippen LogP contribution in [0.25, 0.3) is 0 Å². The Morgan fingerprint density at radius 1 is 1.41 bits per heavy atom. The van der Waals surface area contributed by atoms with Crippen LogP contribution in [0.1, 0.15) is 26.2 Å². The molecule has 0 saturated heterocycles. The number of rotatable bonds is 3. The first-order valence-corrected chi connectivity index (χ1v) is 6.01. The monoisotopic (exact) mass is 238 g/mol. The van der Waals surface area contributed by atoms with Gasteiger partial charge in [0.2, 0.25) is 0 Å². The Morgan fingerprint density at radius 3 is 2.76 bits per heavy atom. The molecule has 0 spiro atoms. The average Bonchev–Trinajstić information content (AvgIpc) is 2.68. The molecule has 1 saturated carbocycles. The Hall–Kier alpha value is -1.45. The second-order valence-corrected chi connectivity index (χ2v) is 4.73. The molecule has 17 heavy (non-hydrogen) atoms. The highest BCUT2D eigenvalue weighted by Gasteiger charge is 2.24. The summed E-state index contributed by atoms with van der Waals surface area (Å²) in [5, 5.41) is 3.39. The van der Waals surface area contributed by atoms with Crippen molar-refractivity contribution in [2.75, 3.05) is 18.2 Å². The van der Waals surface area contributed by atoms with Gasteiger partial charge in [0.15, 0.2) is 11.6 Å². The van der Waals surface area contributed by atoms with Gasteiger partial charge in [0.05, 0.1) is 18.5 Å². The molecule has 1 fully saturated rings. The first-order valence-electron chi connectivity index (χ1n) is 6.01. The van der Waals surface area contributed by atoms with Crippen LogP contribution in [0.4, 0.5) is 15.8 Å². The van der Waals surface area contributed by atoms with Crippen molar-refractivity contribution < 1.29 is 9.13 Å². The van der Waals surface area contributed by atoms with Crippen LogP contribution in [0.3, 0.4) is 0 Å². The van der Waals surface area contributed by atoms with Crippen molar-refractivity contribution in [3.63, 3.8) is 0 Å². The van der Waals surface area contributed by atoms with Gasteiger partial charge in [0.1, 0.15) is 0 Å². The molecule has 0 aliphatic heterocycles. The van der Waals surface area contributed by atoms with E-state index in [1.54, 1.807) is 6.07 Å². The third-order valence-electron chi connectivity index (χ3n) is 3.53. The minimum Gasteiger partial charge on any atom is -0.494 e. The number of nitrogen functional groups attached to an aromatic ring is 1. The predicted molar refractivity (Wildman–Crippen MR) is 67.8 cm³/mol. The van der Waals surface area contributed by atoms with Crippen LogP contribution >= 0.6 is 0 Å². The van der Waals surface area contributed by atoms with Gasteiger partial charge in [-0.2, -0.15) is 0 Å². The Kier molecular flexibility index (Phi) is 3.41. The molecular formula is C13H19FN2O. The molecule has 0 bridgehead atoms. The number of nitrogens with one attached hydrogen (secondary N) is 1. The maximum absolute atomic E-state index is 13.4. The number of halogens is 1. The molecular weight excluding hydrogens is 219 g/mol. The molecule has 2 unspecified atom stereocenters. The summed E-state index contributed by atoms with van der Waals surface area (Å²) in [6.07, 6.45) is 3.60. The quantitative estimate of drug-likeness (QED) is 0.796.